The van der Waals surface area contributed by atoms with Crippen LogP contribution >= 0.6 is 11.3 Å². The molecule has 4 atom stereocenters. The largest absolute Gasteiger partial charge is 0.386 e. The lowest BCUT2D eigenvalue weighted by Gasteiger charge is -2.24. The maximum atomic E-state index is 15.2. The van der Waals surface area contributed by atoms with Crippen molar-refractivity contribution in [2.75, 3.05) is 16.9 Å². The number of thiophene rings is 1. The molecule has 1 heterocycles. The molecule has 4 amide bonds. The molecule has 0 saturated carbocycles. The highest BCUT2D eigenvalue weighted by molar-refractivity contribution is 7.93. The SMILES string of the molecule is CC(C)c1cc(F)cc(C(C)CCC(C)c2cc(F)cc(C(C)C)c2NC(=O)N=S(N)(=O)c2cc(C(C)(C)O)cs2)c1NC(=O)N=S(N)(=O)c1ccc(S(C)(=O)=O)cc1. The van der Waals surface area contributed by atoms with Crippen molar-refractivity contribution < 1.29 is 40.3 Å². The van der Waals surface area contributed by atoms with E-state index in [0.717, 1.165) is 17.6 Å². The van der Waals surface area contributed by atoms with E-state index >= 15 is 8.78 Å². The van der Waals surface area contributed by atoms with Gasteiger partial charge in [-0.05, 0) is 138 Å². The molecule has 0 fully saturated rings. The first-order chi connectivity index (χ1) is 27.1. The molecular weight excluding hydrogens is 843 g/mol. The summed E-state index contributed by atoms with van der Waals surface area (Å²) in [7, 11) is -11.1. The van der Waals surface area contributed by atoms with Crippen LogP contribution in [0.1, 0.15) is 120 Å². The van der Waals surface area contributed by atoms with Crippen LogP contribution in [0.2, 0.25) is 0 Å². The van der Waals surface area contributed by atoms with Gasteiger partial charge in [0.25, 0.3) is 0 Å². The van der Waals surface area contributed by atoms with E-state index < -0.39 is 70.8 Å². The zero-order valence-corrected chi connectivity index (χ0v) is 37.6. The Kier molecular flexibility index (Phi) is 14.7. The summed E-state index contributed by atoms with van der Waals surface area (Å²) in [5, 5.41) is 29.3. The van der Waals surface area contributed by atoms with E-state index in [1.54, 1.807) is 19.2 Å². The lowest BCUT2D eigenvalue weighted by Crippen LogP contribution is -2.20. The van der Waals surface area contributed by atoms with Crippen molar-refractivity contribution >= 4 is 64.4 Å². The van der Waals surface area contributed by atoms with Crippen LogP contribution < -0.4 is 20.9 Å². The Labute approximate surface area is 349 Å². The standard InChI is InChI=1S/C40H52F2N6O7S4/c1-22(2)31-17-27(41)19-33(36(31)45-38(49)47-58(43,54)30-14-12-29(13-15-30)57(9,52)53)24(5)10-11-25(6)34-20-28(42)18-32(23(3)4)37(34)46-39(50)48-59(44,55)35-16-26(21-56-35)40(7,8)51/h12-25,51H,10-11H2,1-9H3,(H3,43,45,47,49,54)(H3,44,46,48,50,55). The molecule has 3 aromatic carbocycles. The van der Waals surface area contributed by atoms with Gasteiger partial charge in [-0.25, -0.2) is 45.5 Å². The van der Waals surface area contributed by atoms with Crippen molar-refractivity contribution in [3.63, 3.8) is 0 Å². The van der Waals surface area contributed by atoms with Gasteiger partial charge in [0.1, 0.15) is 25.8 Å². The van der Waals surface area contributed by atoms with Gasteiger partial charge in [-0.15, -0.1) is 20.1 Å². The second kappa shape index (κ2) is 18.2. The predicted molar refractivity (Wildman–Crippen MR) is 230 cm³/mol. The summed E-state index contributed by atoms with van der Waals surface area (Å²) in [5.41, 5.74) is 1.53. The number of halogens is 2. The number of nitrogens with two attached hydrogens (primary N) is 2. The Bertz CT molecular complexity index is 2600. The van der Waals surface area contributed by atoms with Crippen LogP contribution in [-0.4, -0.2) is 40.3 Å². The number of aliphatic hydroxyl groups is 1. The van der Waals surface area contributed by atoms with Gasteiger partial charge in [0.05, 0.1) is 15.4 Å². The van der Waals surface area contributed by atoms with Crippen molar-refractivity contribution in [2.24, 2.45) is 19.0 Å². The van der Waals surface area contributed by atoms with Crippen molar-refractivity contribution in [3.8, 4) is 0 Å². The first kappa shape index (κ1) is 47.6. The molecule has 0 radical (unpaired) electrons. The Morgan fingerprint density at radius 1 is 0.712 bits per heavy atom. The van der Waals surface area contributed by atoms with E-state index in [1.807, 2.05) is 41.5 Å². The molecule has 7 N–H and O–H groups in total. The van der Waals surface area contributed by atoms with Gasteiger partial charge in [-0.3, -0.25) is 0 Å². The first-order valence-corrected chi connectivity index (χ1v) is 24.5. The fraction of sp³-hybridized carbons (Fsp3) is 0.400. The number of carbonyl (C=O) groups is 2. The van der Waals surface area contributed by atoms with E-state index in [-0.39, 0.29) is 37.2 Å². The second-order valence-electron chi connectivity index (χ2n) is 15.7. The number of hydrogen-bond acceptors (Lipinski definition) is 8. The van der Waals surface area contributed by atoms with E-state index in [9.17, 15) is 31.5 Å². The zero-order valence-electron chi connectivity index (χ0n) is 34.3. The van der Waals surface area contributed by atoms with Crippen molar-refractivity contribution in [1.29, 1.82) is 0 Å². The number of benzene rings is 3. The maximum Gasteiger partial charge on any atom is 0.354 e. The monoisotopic (exact) mass is 894 g/mol. The number of nitrogens with one attached hydrogen (secondary N) is 2. The first-order valence-electron chi connectivity index (χ1n) is 18.6. The van der Waals surface area contributed by atoms with Gasteiger partial charge in [-0.2, -0.15) is 0 Å². The van der Waals surface area contributed by atoms with E-state index in [4.69, 9.17) is 10.3 Å². The van der Waals surface area contributed by atoms with Gasteiger partial charge in [0.2, 0.25) is 0 Å². The van der Waals surface area contributed by atoms with Crippen LogP contribution in [-0.2, 0) is 35.3 Å². The highest BCUT2D eigenvalue weighted by Crippen LogP contribution is 2.40. The molecule has 0 aliphatic carbocycles. The molecule has 4 rings (SSSR count). The number of carbonyl (C=O) groups excluding carboxylic acids is 2. The van der Waals surface area contributed by atoms with Crippen LogP contribution in [0.5, 0.6) is 0 Å². The molecule has 19 heteroatoms. The van der Waals surface area contributed by atoms with Crippen molar-refractivity contribution in [1.82, 2.24) is 0 Å². The van der Waals surface area contributed by atoms with Gasteiger partial charge < -0.3 is 15.7 Å². The number of amides is 4. The summed E-state index contributed by atoms with van der Waals surface area (Å²) in [4.78, 5) is 26.6. The van der Waals surface area contributed by atoms with Crippen LogP contribution in [0.25, 0.3) is 0 Å². The van der Waals surface area contributed by atoms with Crippen LogP contribution in [0.3, 0.4) is 0 Å². The van der Waals surface area contributed by atoms with Gasteiger partial charge in [0.15, 0.2) is 19.8 Å². The summed E-state index contributed by atoms with van der Waals surface area (Å²) < 4.78 is 88.5. The molecule has 322 valence electrons. The third kappa shape index (κ3) is 12.0. The number of anilines is 2. The average Bonchev–Trinajstić information content (AvgIpc) is 3.63. The Hall–Kier alpha value is -4.11. The second-order valence-corrected chi connectivity index (χ2v) is 22.5. The summed E-state index contributed by atoms with van der Waals surface area (Å²) in [6.07, 6.45) is 1.78. The molecule has 4 unspecified atom stereocenters. The molecule has 0 saturated heterocycles. The Balaban J connectivity index is 1.64. The predicted octanol–water partition coefficient (Wildman–Crippen LogP) is 9.46. The fourth-order valence-corrected chi connectivity index (χ4v) is 10.2. The van der Waals surface area contributed by atoms with Gasteiger partial charge in [0, 0.05) is 17.6 Å². The minimum atomic E-state index is -3.83. The summed E-state index contributed by atoms with van der Waals surface area (Å²) in [6, 6.07) is 9.39. The van der Waals surface area contributed by atoms with Gasteiger partial charge in [-0.1, -0.05) is 41.5 Å². The lowest BCUT2D eigenvalue weighted by molar-refractivity contribution is 0.0789. The highest BCUT2D eigenvalue weighted by Gasteiger charge is 2.26. The molecule has 0 aliphatic rings. The van der Waals surface area contributed by atoms with Crippen molar-refractivity contribution in [3.05, 3.63) is 99.4 Å². The number of nitrogens with zero attached hydrogens (tertiary/aromatic N) is 2. The molecule has 0 aliphatic heterocycles. The molecular formula is C40H52F2N6O7S4. The minimum absolute atomic E-state index is 0.0357. The number of sulfone groups is 1. The van der Waals surface area contributed by atoms with Crippen LogP contribution in [0.15, 0.2) is 82.7 Å². The van der Waals surface area contributed by atoms with E-state index in [0.29, 0.717) is 40.7 Å². The van der Waals surface area contributed by atoms with Crippen LogP contribution in [0.4, 0.5) is 29.7 Å². The topological polar surface area (TPSA) is 223 Å². The average molecular weight is 895 g/mol. The minimum Gasteiger partial charge on any atom is -0.386 e. The van der Waals surface area contributed by atoms with E-state index in [2.05, 4.69) is 19.4 Å². The molecule has 13 nitrogen and oxygen atoms in total. The smallest absolute Gasteiger partial charge is 0.354 e. The zero-order chi connectivity index (χ0) is 44.4. The number of urea groups is 2. The van der Waals surface area contributed by atoms with Crippen molar-refractivity contribution in [2.45, 2.75) is 112 Å². The quantitative estimate of drug-likeness (QED) is 0.0873. The summed E-state index contributed by atoms with van der Waals surface area (Å²) in [6.45, 7) is 14.0. The highest BCUT2D eigenvalue weighted by atomic mass is 32.2. The third-order valence-corrected chi connectivity index (χ3v) is 15.1. The number of rotatable bonds is 13. The van der Waals surface area contributed by atoms with Crippen LogP contribution in [0, 0.1) is 11.6 Å². The molecule has 0 bridgehead atoms. The number of hydrogen-bond donors (Lipinski definition) is 5. The normalized spacial score (nSPS) is 15.3. The maximum absolute atomic E-state index is 15.2. The Morgan fingerprint density at radius 2 is 1.10 bits per heavy atom. The summed E-state index contributed by atoms with van der Waals surface area (Å²) >= 11 is 0.996. The Morgan fingerprint density at radius 3 is 1.47 bits per heavy atom. The molecule has 59 heavy (non-hydrogen) atoms. The lowest BCUT2D eigenvalue weighted by atomic mass is 9.84. The van der Waals surface area contributed by atoms with E-state index in [1.165, 1.54) is 54.6 Å². The third-order valence-electron chi connectivity index (χ3n) is 9.73. The fourth-order valence-electron chi connectivity index (χ4n) is 6.36. The molecule has 4 aromatic rings. The van der Waals surface area contributed by atoms with Gasteiger partial charge >= 0.3 is 12.1 Å². The molecule has 1 aromatic heterocycles. The molecule has 0 spiro atoms. The summed E-state index contributed by atoms with van der Waals surface area (Å²) in [5.74, 6) is -2.45.